The third-order valence-electron chi connectivity index (χ3n) is 5.12. The van der Waals surface area contributed by atoms with E-state index < -0.39 is 16.0 Å². The second-order valence-corrected chi connectivity index (χ2v) is 8.94. The van der Waals surface area contributed by atoms with Crippen LogP contribution in [0.15, 0.2) is 41.4 Å². The molecule has 0 saturated carbocycles. The van der Waals surface area contributed by atoms with Crippen LogP contribution in [0, 0.1) is 0 Å². The maximum absolute atomic E-state index is 12.8. The number of H-pyrrole nitrogens is 1. The van der Waals surface area contributed by atoms with Gasteiger partial charge in [-0.25, -0.2) is 13.2 Å². The molecule has 3 N–H and O–H groups in total. The lowest BCUT2D eigenvalue weighted by molar-refractivity contribution is 0.0697. The summed E-state index contributed by atoms with van der Waals surface area (Å²) in [5.41, 5.74) is 1.30. The summed E-state index contributed by atoms with van der Waals surface area (Å²) in [5, 5.41) is 20.0. The number of likely N-dealkylation sites (N-methyl/N-ethyl adjacent to an activating group) is 1. The van der Waals surface area contributed by atoms with E-state index in [1.54, 1.807) is 6.07 Å². The molecular weight excluding hydrogens is 432 g/mol. The molecule has 0 aliphatic carbocycles. The van der Waals surface area contributed by atoms with Gasteiger partial charge in [0, 0.05) is 43.3 Å². The highest BCUT2D eigenvalue weighted by atomic mass is 35.5. The molecule has 3 heterocycles. The minimum atomic E-state index is -3.65. The van der Waals surface area contributed by atoms with Crippen molar-refractivity contribution in [1.29, 1.82) is 0 Å². The van der Waals surface area contributed by atoms with Crippen LogP contribution in [0.25, 0.3) is 22.2 Å². The largest absolute Gasteiger partial charge is 0.494 e. The Bertz CT molecular complexity index is 1190. The van der Waals surface area contributed by atoms with Gasteiger partial charge in [0.15, 0.2) is 5.88 Å². The van der Waals surface area contributed by atoms with Crippen LogP contribution in [0.1, 0.15) is 10.4 Å². The number of nitrogens with one attached hydrogen (secondary N) is 1. The highest BCUT2D eigenvalue weighted by Gasteiger charge is 2.28. The molecule has 0 atom stereocenters. The summed E-state index contributed by atoms with van der Waals surface area (Å²) in [6.07, 6.45) is 1.27. The number of carboxylic acids is 1. The fourth-order valence-electron chi connectivity index (χ4n) is 3.43. The van der Waals surface area contributed by atoms with Crippen molar-refractivity contribution in [2.45, 2.75) is 4.90 Å². The number of halogens is 1. The van der Waals surface area contributed by atoms with Gasteiger partial charge in [0.1, 0.15) is 4.90 Å². The summed E-state index contributed by atoms with van der Waals surface area (Å²) in [6, 6.07) is 7.41. The van der Waals surface area contributed by atoms with E-state index in [0.717, 1.165) is 0 Å². The molecule has 0 bridgehead atoms. The Morgan fingerprint density at radius 2 is 1.83 bits per heavy atom. The summed E-state index contributed by atoms with van der Waals surface area (Å²) in [7, 11) is -1.70. The Hall–Kier alpha value is -2.66. The van der Waals surface area contributed by atoms with Crippen LogP contribution in [0.3, 0.4) is 0 Å². The lowest BCUT2D eigenvalue weighted by atomic mass is 10.1. The smallest absolute Gasteiger partial charge is 0.335 e. The van der Waals surface area contributed by atoms with Crippen molar-refractivity contribution in [3.8, 4) is 17.1 Å². The number of hydrogen-bond acceptors (Lipinski definition) is 6. The average Bonchev–Trinajstić information content (AvgIpc) is 3.03. The minimum absolute atomic E-state index is 0. The van der Waals surface area contributed by atoms with Crippen LogP contribution in [0.5, 0.6) is 5.88 Å². The molecule has 11 heteroatoms. The van der Waals surface area contributed by atoms with Gasteiger partial charge in [-0.05, 0) is 37.4 Å². The maximum Gasteiger partial charge on any atom is 0.335 e. The third-order valence-corrected chi connectivity index (χ3v) is 7.00. The zero-order valence-electron chi connectivity index (χ0n) is 16.1. The van der Waals surface area contributed by atoms with E-state index in [0.29, 0.717) is 48.3 Å². The first-order valence-corrected chi connectivity index (χ1v) is 10.4. The van der Waals surface area contributed by atoms with E-state index in [4.69, 9.17) is 0 Å². The Morgan fingerprint density at radius 3 is 2.43 bits per heavy atom. The lowest BCUT2D eigenvalue weighted by Gasteiger charge is -2.31. The van der Waals surface area contributed by atoms with Crippen molar-refractivity contribution in [1.82, 2.24) is 19.2 Å². The monoisotopic (exact) mass is 452 g/mol. The molecule has 1 fully saturated rings. The molecule has 0 amide bonds. The van der Waals surface area contributed by atoms with Crippen LogP contribution >= 0.6 is 12.4 Å². The number of aromatic hydroxyl groups is 1. The number of carbonyl (C=O) groups is 1. The summed E-state index contributed by atoms with van der Waals surface area (Å²) in [6.45, 7) is 2.17. The number of aromatic carboxylic acids is 1. The molecule has 0 unspecified atom stereocenters. The Kier molecular flexibility index (Phi) is 6.04. The second-order valence-electron chi connectivity index (χ2n) is 7.00. The second kappa shape index (κ2) is 8.23. The third kappa shape index (κ3) is 3.86. The number of carboxylic acid groups (broad SMARTS) is 1. The van der Waals surface area contributed by atoms with Gasteiger partial charge in [-0.2, -0.15) is 4.31 Å². The number of aromatic nitrogens is 2. The van der Waals surface area contributed by atoms with Gasteiger partial charge in [-0.1, -0.05) is 0 Å². The van der Waals surface area contributed by atoms with Gasteiger partial charge in [-0.3, -0.25) is 4.98 Å². The molecular formula is C19H21ClN4O5S. The number of fused-ring (bicyclic) bond motifs is 1. The molecule has 1 aliphatic heterocycles. The summed E-state index contributed by atoms with van der Waals surface area (Å²) in [5.74, 6) is -1.25. The number of pyridine rings is 1. The highest BCUT2D eigenvalue weighted by molar-refractivity contribution is 7.89. The topological polar surface area (TPSA) is 127 Å². The van der Waals surface area contributed by atoms with E-state index in [-0.39, 0.29) is 28.7 Å². The SMILES string of the molecule is CN1CCN(S(=O)(=O)c2ccc(-c3c(O)[nH]c4ccc(C(=O)O)cc34)nc2)CC1.Cl. The fourth-order valence-corrected chi connectivity index (χ4v) is 4.80. The number of sulfonamides is 1. The van der Waals surface area contributed by atoms with Gasteiger partial charge in [0.25, 0.3) is 0 Å². The van der Waals surface area contributed by atoms with E-state index in [1.807, 2.05) is 7.05 Å². The van der Waals surface area contributed by atoms with Crippen molar-refractivity contribution in [3.05, 3.63) is 42.1 Å². The molecule has 2 aromatic heterocycles. The first kappa shape index (κ1) is 22.0. The standard InChI is InChI=1S/C19H20N4O5S.ClH/c1-22-6-8-23(9-7-22)29(27,28)13-3-5-16(20-11-13)17-14-10-12(19(25)26)2-4-15(14)21-18(17)24;/h2-5,10-11,21,24H,6-9H2,1H3,(H,25,26);1H. The number of benzene rings is 1. The van der Waals surface area contributed by atoms with Crippen LogP contribution in [-0.2, 0) is 10.0 Å². The predicted molar refractivity (Wildman–Crippen MR) is 114 cm³/mol. The summed E-state index contributed by atoms with van der Waals surface area (Å²) in [4.78, 5) is 20.4. The van der Waals surface area contributed by atoms with Crippen molar-refractivity contribution in [2.75, 3.05) is 33.2 Å². The predicted octanol–water partition coefficient (Wildman–Crippen LogP) is 1.99. The lowest BCUT2D eigenvalue weighted by Crippen LogP contribution is -2.47. The molecule has 30 heavy (non-hydrogen) atoms. The molecule has 1 aromatic carbocycles. The molecule has 0 radical (unpaired) electrons. The highest BCUT2D eigenvalue weighted by Crippen LogP contribution is 2.36. The van der Waals surface area contributed by atoms with Crippen LogP contribution < -0.4 is 0 Å². The Labute approximate surface area is 179 Å². The van der Waals surface area contributed by atoms with E-state index in [9.17, 15) is 23.4 Å². The number of rotatable bonds is 4. The van der Waals surface area contributed by atoms with Gasteiger partial charge < -0.3 is 20.1 Å². The Balaban J connectivity index is 0.00000256. The van der Waals surface area contributed by atoms with Gasteiger partial charge in [-0.15, -0.1) is 12.4 Å². The maximum atomic E-state index is 12.8. The van der Waals surface area contributed by atoms with Crippen LogP contribution in [0.2, 0.25) is 0 Å². The molecule has 160 valence electrons. The number of piperazine rings is 1. The minimum Gasteiger partial charge on any atom is -0.494 e. The number of nitrogens with zero attached hydrogens (tertiary/aromatic N) is 3. The normalized spacial score (nSPS) is 15.8. The van der Waals surface area contributed by atoms with Crippen molar-refractivity contribution in [2.24, 2.45) is 0 Å². The molecule has 9 nitrogen and oxygen atoms in total. The zero-order chi connectivity index (χ0) is 20.8. The van der Waals surface area contributed by atoms with E-state index >= 15 is 0 Å². The van der Waals surface area contributed by atoms with Gasteiger partial charge in [0.05, 0.1) is 16.8 Å². The summed E-state index contributed by atoms with van der Waals surface area (Å²) < 4.78 is 27.1. The van der Waals surface area contributed by atoms with Crippen molar-refractivity contribution >= 4 is 39.3 Å². The van der Waals surface area contributed by atoms with Crippen LogP contribution in [-0.4, -0.2) is 77.0 Å². The number of aromatic amines is 1. The van der Waals surface area contributed by atoms with Gasteiger partial charge >= 0.3 is 5.97 Å². The van der Waals surface area contributed by atoms with Crippen molar-refractivity contribution in [3.63, 3.8) is 0 Å². The van der Waals surface area contributed by atoms with E-state index in [1.165, 1.54) is 34.8 Å². The van der Waals surface area contributed by atoms with Gasteiger partial charge in [0.2, 0.25) is 10.0 Å². The number of hydrogen-bond donors (Lipinski definition) is 3. The average molecular weight is 453 g/mol. The Morgan fingerprint density at radius 1 is 1.13 bits per heavy atom. The van der Waals surface area contributed by atoms with E-state index in [2.05, 4.69) is 14.9 Å². The molecule has 1 aliphatic rings. The quantitative estimate of drug-likeness (QED) is 0.552. The molecule has 1 saturated heterocycles. The molecule has 4 rings (SSSR count). The van der Waals surface area contributed by atoms with Crippen molar-refractivity contribution < 1.29 is 23.4 Å². The molecule has 0 spiro atoms. The first-order chi connectivity index (χ1) is 13.8. The first-order valence-electron chi connectivity index (χ1n) is 9.00. The summed E-state index contributed by atoms with van der Waals surface area (Å²) >= 11 is 0. The molecule has 3 aromatic rings. The zero-order valence-corrected chi connectivity index (χ0v) is 17.7. The fraction of sp³-hybridized carbons (Fsp3) is 0.263. The van der Waals surface area contributed by atoms with Crippen LogP contribution in [0.4, 0.5) is 0 Å².